The number of carbonyl (C=O) groups excluding carboxylic acids is 1. The van der Waals surface area contributed by atoms with Gasteiger partial charge < -0.3 is 9.47 Å². The maximum Gasteiger partial charge on any atom is 0.270 e. The van der Waals surface area contributed by atoms with Gasteiger partial charge in [-0.1, -0.05) is 0 Å². The summed E-state index contributed by atoms with van der Waals surface area (Å²) in [6.07, 6.45) is 2.90. The van der Waals surface area contributed by atoms with E-state index in [9.17, 15) is 9.59 Å². The number of nitrogens with zero attached hydrogens (tertiary/aromatic N) is 3. The molecule has 0 aliphatic heterocycles. The summed E-state index contributed by atoms with van der Waals surface area (Å²) in [6.45, 7) is 3.82. The highest BCUT2D eigenvalue weighted by molar-refractivity contribution is 7.16. The Morgan fingerprint density at radius 2 is 1.87 bits per heavy atom. The van der Waals surface area contributed by atoms with Crippen molar-refractivity contribution in [1.29, 1.82) is 0 Å². The van der Waals surface area contributed by atoms with Crippen molar-refractivity contribution in [1.82, 2.24) is 14.4 Å². The molecule has 4 aromatic rings. The molecule has 3 heterocycles. The SMILES string of the molecule is COc1ccc(-c2nc(NC(=O)c3cnc4cc(C)ccn4c3=O)sc2C)cc1OC. The fourth-order valence-electron chi connectivity index (χ4n) is 3.20. The van der Waals surface area contributed by atoms with Crippen molar-refractivity contribution in [3.05, 3.63) is 69.1 Å². The monoisotopic (exact) mass is 436 g/mol. The number of aryl methyl sites for hydroxylation is 2. The molecule has 1 N–H and O–H groups in total. The summed E-state index contributed by atoms with van der Waals surface area (Å²) in [5, 5.41) is 3.11. The van der Waals surface area contributed by atoms with Gasteiger partial charge in [-0.2, -0.15) is 0 Å². The number of carbonyl (C=O) groups is 1. The van der Waals surface area contributed by atoms with Crippen LogP contribution in [0.25, 0.3) is 16.9 Å². The quantitative estimate of drug-likeness (QED) is 0.513. The lowest BCUT2D eigenvalue weighted by molar-refractivity contribution is 0.102. The number of hydrogen-bond donors (Lipinski definition) is 1. The van der Waals surface area contributed by atoms with Crippen LogP contribution in [0.4, 0.5) is 5.13 Å². The molecule has 0 atom stereocenters. The molecule has 1 amide bonds. The molecule has 0 saturated heterocycles. The minimum absolute atomic E-state index is 0.0538. The Kier molecular flexibility index (Phi) is 5.43. The first-order valence-corrected chi connectivity index (χ1v) is 10.2. The molecule has 0 saturated carbocycles. The molecule has 0 aliphatic carbocycles. The van der Waals surface area contributed by atoms with Crippen LogP contribution in [0.5, 0.6) is 11.5 Å². The highest BCUT2D eigenvalue weighted by Crippen LogP contribution is 2.36. The van der Waals surface area contributed by atoms with Crippen LogP contribution in [0.2, 0.25) is 0 Å². The van der Waals surface area contributed by atoms with Gasteiger partial charge in [-0.25, -0.2) is 9.97 Å². The van der Waals surface area contributed by atoms with E-state index >= 15 is 0 Å². The number of amides is 1. The minimum Gasteiger partial charge on any atom is -0.493 e. The van der Waals surface area contributed by atoms with Gasteiger partial charge in [-0.05, 0) is 49.7 Å². The van der Waals surface area contributed by atoms with Crippen LogP contribution in [-0.4, -0.2) is 34.5 Å². The Morgan fingerprint density at radius 3 is 2.61 bits per heavy atom. The molecule has 8 nitrogen and oxygen atoms in total. The first kappa shape index (κ1) is 20.5. The number of benzene rings is 1. The number of anilines is 1. The lowest BCUT2D eigenvalue weighted by atomic mass is 10.1. The van der Waals surface area contributed by atoms with Crippen LogP contribution < -0.4 is 20.3 Å². The van der Waals surface area contributed by atoms with E-state index in [2.05, 4.69) is 15.3 Å². The van der Waals surface area contributed by atoms with Crippen LogP contribution in [-0.2, 0) is 0 Å². The number of aromatic nitrogens is 3. The van der Waals surface area contributed by atoms with Crippen molar-refractivity contribution in [3.63, 3.8) is 0 Å². The Balaban J connectivity index is 1.63. The third kappa shape index (κ3) is 3.87. The van der Waals surface area contributed by atoms with E-state index in [1.165, 1.54) is 21.9 Å². The lowest BCUT2D eigenvalue weighted by Crippen LogP contribution is -2.26. The predicted octanol–water partition coefficient (Wildman–Crippen LogP) is 3.70. The van der Waals surface area contributed by atoms with Crippen LogP contribution in [0, 0.1) is 13.8 Å². The molecule has 0 unspecified atom stereocenters. The summed E-state index contributed by atoms with van der Waals surface area (Å²) in [5.74, 6) is 0.649. The number of rotatable bonds is 5. The first-order chi connectivity index (χ1) is 14.9. The summed E-state index contributed by atoms with van der Waals surface area (Å²) >= 11 is 1.32. The molecule has 1 aromatic carbocycles. The topological polar surface area (TPSA) is 94.8 Å². The highest BCUT2D eigenvalue weighted by Gasteiger charge is 2.18. The maximum absolute atomic E-state index is 12.8. The van der Waals surface area contributed by atoms with Crippen LogP contribution in [0.15, 0.2) is 47.5 Å². The lowest BCUT2D eigenvalue weighted by Gasteiger charge is -2.08. The summed E-state index contributed by atoms with van der Waals surface area (Å²) in [6, 6.07) is 9.07. The van der Waals surface area contributed by atoms with Gasteiger partial charge in [0.2, 0.25) is 0 Å². The molecule has 0 fully saturated rings. The zero-order valence-electron chi connectivity index (χ0n) is 17.4. The summed E-state index contributed by atoms with van der Waals surface area (Å²) in [4.78, 5) is 35.1. The largest absolute Gasteiger partial charge is 0.493 e. The second-order valence-electron chi connectivity index (χ2n) is 6.86. The molecule has 3 aromatic heterocycles. The van der Waals surface area contributed by atoms with E-state index in [4.69, 9.17) is 9.47 Å². The highest BCUT2D eigenvalue weighted by atomic mass is 32.1. The van der Waals surface area contributed by atoms with Crippen molar-refractivity contribution in [2.75, 3.05) is 19.5 Å². The standard InChI is InChI=1S/C22H20N4O4S/c1-12-7-8-26-18(9-12)23-11-15(21(26)28)20(27)25-22-24-19(13(2)31-22)14-5-6-16(29-3)17(10-14)30-4/h5-11H,1-4H3,(H,24,25,27). The van der Waals surface area contributed by atoms with E-state index in [-0.39, 0.29) is 5.56 Å². The molecule has 158 valence electrons. The van der Waals surface area contributed by atoms with Crippen molar-refractivity contribution in [3.8, 4) is 22.8 Å². The minimum atomic E-state index is -0.555. The Morgan fingerprint density at radius 1 is 1.10 bits per heavy atom. The number of methoxy groups -OCH3 is 2. The van der Waals surface area contributed by atoms with E-state index < -0.39 is 11.5 Å². The van der Waals surface area contributed by atoms with Gasteiger partial charge in [0, 0.05) is 22.8 Å². The molecular weight excluding hydrogens is 416 g/mol. The number of fused-ring (bicyclic) bond motifs is 1. The molecule has 0 radical (unpaired) electrons. The van der Waals surface area contributed by atoms with Gasteiger partial charge in [0.15, 0.2) is 16.6 Å². The number of pyridine rings is 1. The Bertz CT molecular complexity index is 1360. The van der Waals surface area contributed by atoms with Gasteiger partial charge in [-0.3, -0.25) is 19.3 Å². The maximum atomic E-state index is 12.8. The first-order valence-electron chi connectivity index (χ1n) is 9.40. The van der Waals surface area contributed by atoms with E-state index in [0.29, 0.717) is 28.0 Å². The summed E-state index contributed by atoms with van der Waals surface area (Å²) in [5.41, 5.74) is 2.52. The molecule has 31 heavy (non-hydrogen) atoms. The predicted molar refractivity (Wildman–Crippen MR) is 120 cm³/mol. The number of ether oxygens (including phenoxy) is 2. The molecule has 0 aliphatic rings. The third-order valence-electron chi connectivity index (χ3n) is 4.78. The number of nitrogens with one attached hydrogen (secondary N) is 1. The van der Waals surface area contributed by atoms with Crippen molar-refractivity contribution >= 4 is 28.0 Å². The summed E-state index contributed by atoms with van der Waals surface area (Å²) in [7, 11) is 3.14. The van der Waals surface area contributed by atoms with E-state index in [0.717, 1.165) is 16.0 Å². The van der Waals surface area contributed by atoms with Crippen molar-refractivity contribution in [2.45, 2.75) is 13.8 Å². The Labute approximate surface area is 182 Å². The van der Waals surface area contributed by atoms with Gasteiger partial charge in [0.1, 0.15) is 11.2 Å². The van der Waals surface area contributed by atoms with Crippen molar-refractivity contribution < 1.29 is 14.3 Å². The van der Waals surface area contributed by atoms with Crippen LogP contribution in [0.3, 0.4) is 0 Å². The van der Waals surface area contributed by atoms with E-state index in [1.54, 1.807) is 38.6 Å². The van der Waals surface area contributed by atoms with Crippen LogP contribution in [0.1, 0.15) is 20.8 Å². The van der Waals surface area contributed by atoms with Crippen molar-refractivity contribution in [2.24, 2.45) is 0 Å². The average Bonchev–Trinajstić information content (AvgIpc) is 3.13. The molecule has 4 rings (SSSR count). The van der Waals surface area contributed by atoms with Crippen LogP contribution >= 0.6 is 11.3 Å². The molecule has 0 bridgehead atoms. The normalized spacial score (nSPS) is 10.8. The fraction of sp³-hybridized carbons (Fsp3) is 0.182. The third-order valence-corrected chi connectivity index (χ3v) is 5.67. The molecule has 9 heteroatoms. The van der Waals surface area contributed by atoms with Gasteiger partial charge in [0.25, 0.3) is 11.5 Å². The summed E-state index contributed by atoms with van der Waals surface area (Å²) < 4.78 is 12.0. The second-order valence-corrected chi connectivity index (χ2v) is 8.06. The number of thiazole rings is 1. The number of hydrogen-bond acceptors (Lipinski definition) is 7. The fourth-order valence-corrected chi connectivity index (χ4v) is 4.03. The van der Waals surface area contributed by atoms with Gasteiger partial charge >= 0.3 is 0 Å². The zero-order chi connectivity index (χ0) is 22.1. The van der Waals surface area contributed by atoms with E-state index in [1.807, 2.05) is 26.0 Å². The smallest absolute Gasteiger partial charge is 0.270 e. The molecule has 0 spiro atoms. The van der Waals surface area contributed by atoms with Gasteiger partial charge in [-0.15, -0.1) is 11.3 Å². The molecular formula is C22H20N4O4S. The van der Waals surface area contributed by atoms with Gasteiger partial charge in [0.05, 0.1) is 19.9 Å². The zero-order valence-corrected chi connectivity index (χ0v) is 18.2. The second kappa shape index (κ2) is 8.19. The average molecular weight is 436 g/mol. The Hall–Kier alpha value is -3.72.